The number of rotatable bonds is 4. The Balaban J connectivity index is 1.62. The van der Waals surface area contributed by atoms with Crippen molar-refractivity contribution in [3.63, 3.8) is 0 Å². The summed E-state index contributed by atoms with van der Waals surface area (Å²) in [4.78, 5) is 24.0. The number of ketones is 1. The number of Topliss-reactive ketones (excluding diaryl/α,β-unsaturated/α-hetero) is 1. The molecule has 1 aliphatic rings. The van der Waals surface area contributed by atoms with E-state index in [4.69, 9.17) is 4.74 Å². The van der Waals surface area contributed by atoms with Crippen LogP contribution >= 0.6 is 15.9 Å². The summed E-state index contributed by atoms with van der Waals surface area (Å²) in [5, 5.41) is 0. The number of carbonyl (C=O) groups is 2. The molecule has 0 saturated heterocycles. The van der Waals surface area contributed by atoms with E-state index >= 15 is 0 Å². The summed E-state index contributed by atoms with van der Waals surface area (Å²) in [5.41, 5.74) is 3.61. The van der Waals surface area contributed by atoms with Crippen LogP contribution in [0.3, 0.4) is 0 Å². The standard InChI is InChI=1S/C18H15BrO3/c19-16-8-6-13(7-9-16)18(21)22-11-17(20)15-5-4-12-2-1-3-14(12)10-15/h4-10H,1-3,11H2. The van der Waals surface area contributed by atoms with E-state index in [0.717, 1.165) is 23.7 Å². The fourth-order valence-corrected chi connectivity index (χ4v) is 2.89. The van der Waals surface area contributed by atoms with E-state index in [1.807, 2.05) is 18.2 Å². The van der Waals surface area contributed by atoms with Gasteiger partial charge in [-0.05, 0) is 60.7 Å². The van der Waals surface area contributed by atoms with Gasteiger partial charge in [0.1, 0.15) is 0 Å². The molecule has 0 radical (unpaired) electrons. The van der Waals surface area contributed by atoms with E-state index in [0.29, 0.717) is 11.1 Å². The van der Waals surface area contributed by atoms with Crippen LogP contribution in [0.1, 0.15) is 38.3 Å². The molecule has 0 saturated carbocycles. The van der Waals surface area contributed by atoms with Crippen LogP contribution in [0.2, 0.25) is 0 Å². The zero-order valence-corrected chi connectivity index (χ0v) is 13.6. The molecule has 0 fully saturated rings. The fraction of sp³-hybridized carbons (Fsp3) is 0.222. The Bertz CT molecular complexity index is 720. The minimum Gasteiger partial charge on any atom is -0.454 e. The van der Waals surface area contributed by atoms with E-state index in [1.165, 1.54) is 11.1 Å². The van der Waals surface area contributed by atoms with Crippen molar-refractivity contribution in [3.8, 4) is 0 Å². The van der Waals surface area contributed by atoms with Gasteiger partial charge in [-0.2, -0.15) is 0 Å². The number of hydrogen-bond acceptors (Lipinski definition) is 3. The van der Waals surface area contributed by atoms with Crippen molar-refractivity contribution in [2.45, 2.75) is 19.3 Å². The van der Waals surface area contributed by atoms with E-state index < -0.39 is 5.97 Å². The molecule has 0 aliphatic heterocycles. The van der Waals surface area contributed by atoms with Gasteiger partial charge in [-0.1, -0.05) is 28.1 Å². The highest BCUT2D eigenvalue weighted by molar-refractivity contribution is 9.10. The predicted octanol–water partition coefficient (Wildman–Crippen LogP) is 3.98. The molecule has 0 atom stereocenters. The Morgan fingerprint density at radius 3 is 2.41 bits per heavy atom. The average molecular weight is 359 g/mol. The number of esters is 1. The number of benzene rings is 2. The summed E-state index contributed by atoms with van der Waals surface area (Å²) < 4.78 is 5.99. The van der Waals surface area contributed by atoms with Crippen molar-refractivity contribution in [3.05, 3.63) is 69.2 Å². The fourth-order valence-electron chi connectivity index (χ4n) is 2.63. The van der Waals surface area contributed by atoms with E-state index in [1.54, 1.807) is 24.3 Å². The molecule has 1 aliphatic carbocycles. The maximum absolute atomic E-state index is 12.1. The third-order valence-corrected chi connectivity index (χ3v) is 4.36. The first-order valence-corrected chi connectivity index (χ1v) is 8.00. The molecular weight excluding hydrogens is 344 g/mol. The molecular formula is C18H15BrO3. The van der Waals surface area contributed by atoms with Gasteiger partial charge < -0.3 is 4.74 Å². The van der Waals surface area contributed by atoms with Crippen LogP contribution in [0, 0.1) is 0 Å². The van der Waals surface area contributed by atoms with Crippen molar-refractivity contribution in [2.24, 2.45) is 0 Å². The Kier molecular flexibility index (Phi) is 4.39. The maximum atomic E-state index is 12.1. The number of halogens is 1. The summed E-state index contributed by atoms with van der Waals surface area (Å²) in [7, 11) is 0. The van der Waals surface area contributed by atoms with Gasteiger partial charge in [0, 0.05) is 10.0 Å². The zero-order valence-electron chi connectivity index (χ0n) is 12.0. The summed E-state index contributed by atoms with van der Waals surface area (Å²) in [6, 6.07) is 12.6. The zero-order chi connectivity index (χ0) is 15.5. The van der Waals surface area contributed by atoms with Gasteiger partial charge in [0.05, 0.1) is 5.56 Å². The van der Waals surface area contributed by atoms with Gasteiger partial charge in [0.15, 0.2) is 12.4 Å². The van der Waals surface area contributed by atoms with Crippen molar-refractivity contribution < 1.29 is 14.3 Å². The van der Waals surface area contributed by atoms with Crippen molar-refractivity contribution in [1.82, 2.24) is 0 Å². The first-order chi connectivity index (χ1) is 10.6. The topological polar surface area (TPSA) is 43.4 Å². The number of hydrogen-bond donors (Lipinski definition) is 0. The van der Waals surface area contributed by atoms with E-state index in [9.17, 15) is 9.59 Å². The van der Waals surface area contributed by atoms with Gasteiger partial charge >= 0.3 is 5.97 Å². The molecule has 3 rings (SSSR count). The second-order valence-electron chi connectivity index (χ2n) is 5.34. The number of ether oxygens (including phenoxy) is 1. The van der Waals surface area contributed by atoms with Crippen LogP contribution in [0.5, 0.6) is 0 Å². The Morgan fingerprint density at radius 2 is 1.64 bits per heavy atom. The normalized spacial score (nSPS) is 12.8. The van der Waals surface area contributed by atoms with E-state index in [-0.39, 0.29) is 12.4 Å². The summed E-state index contributed by atoms with van der Waals surface area (Å²) in [6.07, 6.45) is 3.25. The van der Waals surface area contributed by atoms with Gasteiger partial charge in [-0.3, -0.25) is 4.79 Å². The van der Waals surface area contributed by atoms with Crippen LogP contribution in [-0.4, -0.2) is 18.4 Å². The Morgan fingerprint density at radius 1 is 0.955 bits per heavy atom. The number of fused-ring (bicyclic) bond motifs is 1. The van der Waals surface area contributed by atoms with Gasteiger partial charge in [-0.15, -0.1) is 0 Å². The van der Waals surface area contributed by atoms with Crippen LogP contribution in [0.25, 0.3) is 0 Å². The third-order valence-electron chi connectivity index (χ3n) is 3.83. The molecule has 4 heteroatoms. The molecule has 3 nitrogen and oxygen atoms in total. The molecule has 0 aromatic heterocycles. The van der Waals surface area contributed by atoms with Gasteiger partial charge in [0.25, 0.3) is 0 Å². The molecule has 2 aromatic rings. The van der Waals surface area contributed by atoms with Crippen molar-refractivity contribution >= 4 is 27.7 Å². The van der Waals surface area contributed by atoms with Crippen LogP contribution in [0.15, 0.2) is 46.9 Å². The molecule has 0 spiro atoms. The minimum absolute atomic E-state index is 0.167. The number of aryl methyl sites for hydroxylation is 2. The lowest BCUT2D eigenvalue weighted by molar-refractivity contribution is 0.0474. The van der Waals surface area contributed by atoms with Crippen LogP contribution in [-0.2, 0) is 17.6 Å². The van der Waals surface area contributed by atoms with Gasteiger partial charge in [-0.25, -0.2) is 4.79 Å². The first kappa shape index (κ1) is 15.0. The third kappa shape index (κ3) is 3.28. The van der Waals surface area contributed by atoms with E-state index in [2.05, 4.69) is 15.9 Å². The highest BCUT2D eigenvalue weighted by atomic mass is 79.9. The molecule has 0 heterocycles. The molecule has 2 aromatic carbocycles. The van der Waals surface area contributed by atoms with Gasteiger partial charge in [0.2, 0.25) is 0 Å². The van der Waals surface area contributed by atoms with Crippen molar-refractivity contribution in [1.29, 1.82) is 0 Å². The highest BCUT2D eigenvalue weighted by Crippen LogP contribution is 2.23. The summed E-state index contributed by atoms with van der Waals surface area (Å²) >= 11 is 3.31. The lowest BCUT2D eigenvalue weighted by Gasteiger charge is -2.06. The predicted molar refractivity (Wildman–Crippen MR) is 87.2 cm³/mol. The average Bonchev–Trinajstić information content (AvgIpc) is 3.00. The number of carbonyl (C=O) groups excluding carboxylic acids is 2. The SMILES string of the molecule is O=C(COC(=O)c1ccc(Br)cc1)c1ccc2c(c1)CCC2. The smallest absolute Gasteiger partial charge is 0.338 e. The summed E-state index contributed by atoms with van der Waals surface area (Å²) in [5.74, 6) is -0.651. The quantitative estimate of drug-likeness (QED) is 0.613. The molecule has 112 valence electrons. The molecule has 0 N–H and O–H groups in total. The molecule has 0 unspecified atom stereocenters. The second kappa shape index (κ2) is 6.44. The Labute approximate surface area is 137 Å². The lowest BCUT2D eigenvalue weighted by atomic mass is 10.0. The van der Waals surface area contributed by atoms with Crippen LogP contribution < -0.4 is 0 Å². The second-order valence-corrected chi connectivity index (χ2v) is 6.26. The molecule has 0 amide bonds. The maximum Gasteiger partial charge on any atom is 0.338 e. The summed E-state index contributed by atoms with van der Waals surface area (Å²) in [6.45, 7) is -0.228. The molecule has 22 heavy (non-hydrogen) atoms. The lowest BCUT2D eigenvalue weighted by Crippen LogP contribution is -2.14. The first-order valence-electron chi connectivity index (χ1n) is 7.21. The molecule has 0 bridgehead atoms. The van der Waals surface area contributed by atoms with Crippen molar-refractivity contribution in [2.75, 3.05) is 6.61 Å². The highest BCUT2D eigenvalue weighted by Gasteiger charge is 2.15. The minimum atomic E-state index is -0.484. The largest absolute Gasteiger partial charge is 0.454 e. The van der Waals surface area contributed by atoms with Crippen LogP contribution in [0.4, 0.5) is 0 Å². The monoisotopic (exact) mass is 358 g/mol. The Hall–Kier alpha value is -1.94.